The number of Topliss-reactive ketones (excluding diaryl/α,β-unsaturated/α-hetero) is 1. The van der Waals surface area contributed by atoms with Crippen LogP contribution in [0.4, 0.5) is 4.39 Å². The van der Waals surface area contributed by atoms with Crippen molar-refractivity contribution in [2.45, 2.75) is 12.5 Å². The lowest BCUT2D eigenvalue weighted by Crippen LogP contribution is -2.31. The molecular weight excluding hydrogens is 508 g/mol. The third kappa shape index (κ3) is 4.39. The molecular formula is C25H19FINO3. The van der Waals surface area contributed by atoms with E-state index in [0.717, 1.165) is 14.7 Å². The molecule has 31 heavy (non-hydrogen) atoms. The Morgan fingerprint density at radius 3 is 2.23 bits per heavy atom. The van der Waals surface area contributed by atoms with Gasteiger partial charge in [-0.1, -0.05) is 42.5 Å². The van der Waals surface area contributed by atoms with Gasteiger partial charge in [0.25, 0.3) is 11.7 Å². The molecule has 0 spiro atoms. The third-order valence-electron chi connectivity index (χ3n) is 5.33. The van der Waals surface area contributed by atoms with Crippen LogP contribution in [0.2, 0.25) is 0 Å². The van der Waals surface area contributed by atoms with Crippen LogP contribution < -0.4 is 0 Å². The second-order valence-electron chi connectivity index (χ2n) is 7.29. The fourth-order valence-electron chi connectivity index (χ4n) is 3.76. The van der Waals surface area contributed by atoms with Crippen LogP contribution in [-0.2, 0) is 16.0 Å². The van der Waals surface area contributed by atoms with Crippen molar-refractivity contribution in [3.8, 4) is 0 Å². The van der Waals surface area contributed by atoms with Crippen LogP contribution in [0.3, 0.4) is 0 Å². The molecule has 1 aliphatic heterocycles. The van der Waals surface area contributed by atoms with E-state index >= 15 is 0 Å². The molecule has 1 N–H and O–H groups in total. The number of hydrogen-bond donors (Lipinski definition) is 1. The molecule has 1 saturated heterocycles. The van der Waals surface area contributed by atoms with E-state index in [4.69, 9.17) is 0 Å². The quantitative estimate of drug-likeness (QED) is 0.218. The number of benzene rings is 3. The second kappa shape index (κ2) is 9.01. The van der Waals surface area contributed by atoms with Gasteiger partial charge >= 0.3 is 0 Å². The van der Waals surface area contributed by atoms with E-state index in [1.165, 1.54) is 29.2 Å². The Kier molecular flexibility index (Phi) is 6.18. The van der Waals surface area contributed by atoms with Gasteiger partial charge in [-0.15, -0.1) is 0 Å². The molecule has 1 amide bonds. The van der Waals surface area contributed by atoms with Crippen molar-refractivity contribution < 1.29 is 19.1 Å². The minimum atomic E-state index is -0.738. The van der Waals surface area contributed by atoms with Crippen LogP contribution in [0.15, 0.2) is 84.4 Å². The summed E-state index contributed by atoms with van der Waals surface area (Å²) in [6, 6.07) is 21.7. The van der Waals surface area contributed by atoms with E-state index in [-0.39, 0.29) is 16.9 Å². The van der Waals surface area contributed by atoms with E-state index in [1.54, 1.807) is 0 Å². The Morgan fingerprint density at radius 2 is 1.58 bits per heavy atom. The molecule has 3 aromatic rings. The van der Waals surface area contributed by atoms with Crippen LogP contribution >= 0.6 is 22.6 Å². The first kappa shape index (κ1) is 21.2. The maximum Gasteiger partial charge on any atom is 0.295 e. The van der Waals surface area contributed by atoms with Gasteiger partial charge in [0.15, 0.2) is 0 Å². The number of carbonyl (C=O) groups is 2. The first-order chi connectivity index (χ1) is 15.0. The predicted molar refractivity (Wildman–Crippen MR) is 125 cm³/mol. The number of ketones is 1. The van der Waals surface area contributed by atoms with Crippen LogP contribution in [0.1, 0.15) is 22.7 Å². The first-order valence-corrected chi connectivity index (χ1v) is 10.9. The van der Waals surface area contributed by atoms with Gasteiger partial charge < -0.3 is 10.0 Å². The van der Waals surface area contributed by atoms with E-state index in [9.17, 15) is 19.1 Å². The van der Waals surface area contributed by atoms with Crippen molar-refractivity contribution in [3.63, 3.8) is 0 Å². The van der Waals surface area contributed by atoms with Crippen molar-refractivity contribution in [1.29, 1.82) is 0 Å². The number of halogens is 2. The van der Waals surface area contributed by atoms with Crippen LogP contribution in [0, 0.1) is 9.39 Å². The molecule has 0 aromatic heterocycles. The highest BCUT2D eigenvalue weighted by Crippen LogP contribution is 2.39. The Hall–Kier alpha value is -3.00. The lowest BCUT2D eigenvalue weighted by molar-refractivity contribution is -0.139. The van der Waals surface area contributed by atoms with E-state index in [0.29, 0.717) is 13.0 Å². The van der Waals surface area contributed by atoms with Gasteiger partial charge in [0.2, 0.25) is 0 Å². The summed E-state index contributed by atoms with van der Waals surface area (Å²) in [6.45, 7) is 0.325. The summed E-state index contributed by atoms with van der Waals surface area (Å²) in [6.07, 6.45) is 0.575. The molecule has 0 saturated carbocycles. The molecule has 1 atom stereocenters. The zero-order chi connectivity index (χ0) is 22.0. The first-order valence-electron chi connectivity index (χ1n) is 9.79. The fourth-order valence-corrected chi connectivity index (χ4v) is 4.12. The highest BCUT2D eigenvalue weighted by atomic mass is 127. The van der Waals surface area contributed by atoms with E-state index in [1.807, 2.05) is 54.6 Å². The summed E-state index contributed by atoms with van der Waals surface area (Å²) in [4.78, 5) is 27.4. The summed E-state index contributed by atoms with van der Waals surface area (Å²) in [7, 11) is 0. The van der Waals surface area contributed by atoms with Crippen molar-refractivity contribution in [3.05, 3.63) is 111 Å². The molecule has 0 bridgehead atoms. The monoisotopic (exact) mass is 527 g/mol. The zero-order valence-corrected chi connectivity index (χ0v) is 18.6. The van der Waals surface area contributed by atoms with Gasteiger partial charge in [-0.3, -0.25) is 9.59 Å². The Labute approximate surface area is 193 Å². The van der Waals surface area contributed by atoms with Crippen LogP contribution in [-0.4, -0.2) is 28.2 Å². The molecule has 4 rings (SSSR count). The molecule has 0 aliphatic carbocycles. The number of hydrogen-bond acceptors (Lipinski definition) is 3. The Morgan fingerprint density at radius 1 is 0.935 bits per heavy atom. The van der Waals surface area contributed by atoms with E-state index in [2.05, 4.69) is 22.6 Å². The molecule has 6 heteroatoms. The largest absolute Gasteiger partial charge is 0.507 e. The lowest BCUT2D eigenvalue weighted by atomic mass is 9.95. The van der Waals surface area contributed by atoms with Crippen molar-refractivity contribution in [2.75, 3.05) is 6.54 Å². The van der Waals surface area contributed by atoms with Gasteiger partial charge in [-0.2, -0.15) is 0 Å². The highest BCUT2D eigenvalue weighted by molar-refractivity contribution is 14.1. The van der Waals surface area contributed by atoms with Crippen molar-refractivity contribution >= 4 is 40.0 Å². The predicted octanol–water partition coefficient (Wildman–Crippen LogP) is 5.09. The maximum atomic E-state index is 13.3. The summed E-state index contributed by atoms with van der Waals surface area (Å²) >= 11 is 2.18. The molecule has 156 valence electrons. The molecule has 1 fully saturated rings. The van der Waals surface area contributed by atoms with Gasteiger partial charge in [0.1, 0.15) is 11.6 Å². The number of rotatable bonds is 5. The molecule has 0 radical (unpaired) electrons. The zero-order valence-electron chi connectivity index (χ0n) is 16.5. The fraction of sp³-hybridized carbons (Fsp3) is 0.120. The smallest absolute Gasteiger partial charge is 0.295 e. The minimum absolute atomic E-state index is 0.0193. The standard InChI is InChI=1S/C25H19FINO3/c26-19-10-6-18(7-11-19)23(29)21-22(17-8-12-20(27)13-9-17)28(25(31)24(21)30)15-14-16-4-2-1-3-5-16/h1-13,22,29H,14-15H2/b23-21+. The second-order valence-corrected chi connectivity index (χ2v) is 8.53. The average molecular weight is 527 g/mol. The molecule has 1 unspecified atom stereocenters. The number of aliphatic hydroxyl groups is 1. The lowest BCUT2D eigenvalue weighted by Gasteiger charge is -2.25. The summed E-state index contributed by atoms with van der Waals surface area (Å²) in [5.41, 5.74) is 2.09. The highest BCUT2D eigenvalue weighted by Gasteiger charge is 2.45. The maximum absolute atomic E-state index is 13.3. The van der Waals surface area contributed by atoms with Gasteiger partial charge in [0, 0.05) is 15.7 Å². The summed E-state index contributed by atoms with van der Waals surface area (Å²) in [5, 5.41) is 10.9. The number of nitrogens with zero attached hydrogens (tertiary/aromatic N) is 1. The van der Waals surface area contributed by atoms with E-state index < -0.39 is 23.5 Å². The van der Waals surface area contributed by atoms with Gasteiger partial charge in [0.05, 0.1) is 11.6 Å². The molecule has 1 aliphatic rings. The van der Waals surface area contributed by atoms with Gasteiger partial charge in [-0.05, 0) is 76.5 Å². The van der Waals surface area contributed by atoms with Crippen LogP contribution in [0.25, 0.3) is 5.76 Å². The van der Waals surface area contributed by atoms with Gasteiger partial charge in [-0.25, -0.2) is 4.39 Å². The molecule has 3 aromatic carbocycles. The Balaban J connectivity index is 1.78. The number of carbonyl (C=O) groups excluding carboxylic acids is 2. The van der Waals surface area contributed by atoms with Crippen LogP contribution in [0.5, 0.6) is 0 Å². The summed E-state index contributed by atoms with van der Waals surface area (Å²) < 4.78 is 14.4. The molecule has 1 heterocycles. The normalized spacial score (nSPS) is 17.9. The van der Waals surface area contributed by atoms with Crippen molar-refractivity contribution in [2.24, 2.45) is 0 Å². The average Bonchev–Trinajstić information content (AvgIpc) is 3.04. The number of aliphatic hydroxyl groups excluding tert-OH is 1. The summed E-state index contributed by atoms with van der Waals surface area (Å²) in [5.74, 6) is -2.14. The molecule has 4 nitrogen and oxygen atoms in total. The minimum Gasteiger partial charge on any atom is -0.507 e. The topological polar surface area (TPSA) is 57.6 Å². The SMILES string of the molecule is O=C1C(=O)N(CCc2ccccc2)C(c2ccc(I)cc2)/C1=C(\O)c1ccc(F)cc1. The number of likely N-dealkylation sites (tertiary alicyclic amines) is 1. The third-order valence-corrected chi connectivity index (χ3v) is 6.05. The number of amides is 1. The van der Waals surface area contributed by atoms with Crippen molar-refractivity contribution in [1.82, 2.24) is 4.90 Å². The Bertz CT molecular complexity index is 1140.